The van der Waals surface area contributed by atoms with Crippen LogP contribution in [0.5, 0.6) is 0 Å². The Bertz CT molecular complexity index is 2010. The van der Waals surface area contributed by atoms with Crippen molar-refractivity contribution >= 4 is 63.1 Å². The van der Waals surface area contributed by atoms with Crippen LogP contribution in [0, 0.1) is 5.92 Å². The van der Waals surface area contributed by atoms with E-state index in [9.17, 15) is 32.4 Å². The zero-order valence-corrected chi connectivity index (χ0v) is 33.5. The molecule has 2 aromatic rings. The molecule has 3 N–H and O–H groups in total. The van der Waals surface area contributed by atoms with Crippen LogP contribution in [-0.2, 0) is 51.7 Å². The van der Waals surface area contributed by atoms with Crippen molar-refractivity contribution in [3.05, 3.63) is 75.8 Å². The third-order valence-electron chi connectivity index (χ3n) is 10.6. The molecule has 18 heteroatoms. The second kappa shape index (κ2) is 16.6. The highest BCUT2D eigenvalue weighted by molar-refractivity contribution is 7.90. The molecule has 2 fully saturated rings. The third-order valence-corrected chi connectivity index (χ3v) is 12.5. The molecule has 3 heterocycles. The summed E-state index contributed by atoms with van der Waals surface area (Å²) in [5.74, 6) is -3.00. The van der Waals surface area contributed by atoms with Gasteiger partial charge in [-0.2, -0.15) is 0 Å². The van der Waals surface area contributed by atoms with E-state index in [1.807, 2.05) is 13.0 Å². The fourth-order valence-corrected chi connectivity index (χ4v) is 8.36. The first-order chi connectivity index (χ1) is 26.5. The molecule has 5 atom stereocenters. The minimum atomic E-state index is -4.37. The molecule has 0 radical (unpaired) electrons. The lowest BCUT2D eigenvalue weighted by atomic mass is 10.1. The first kappa shape index (κ1) is 41.3. The van der Waals surface area contributed by atoms with Crippen LogP contribution in [-0.4, -0.2) is 97.2 Å². The zero-order valence-electron chi connectivity index (χ0n) is 31.2. The van der Waals surface area contributed by atoms with E-state index in [1.54, 1.807) is 38.1 Å². The molecule has 15 nitrogen and oxygen atoms in total. The number of fused-ring (bicyclic) bond motifs is 3. The maximum absolute atomic E-state index is 14.4. The summed E-state index contributed by atoms with van der Waals surface area (Å²) in [4.78, 5) is 71.6. The van der Waals surface area contributed by atoms with Crippen LogP contribution >= 0.6 is 23.2 Å². The quantitative estimate of drug-likeness (QED) is 0.337. The van der Waals surface area contributed by atoms with Gasteiger partial charge in [0.05, 0.1) is 24.6 Å². The molecule has 0 aromatic heterocycles. The highest BCUT2D eigenvalue weighted by Crippen LogP contribution is 2.46. The molecule has 56 heavy (non-hydrogen) atoms. The Hall–Kier alpha value is -4.38. The minimum absolute atomic E-state index is 0.0316. The van der Waals surface area contributed by atoms with Crippen molar-refractivity contribution in [2.75, 3.05) is 19.8 Å². The summed E-state index contributed by atoms with van der Waals surface area (Å²) in [7, 11) is -4.37. The smallest absolute Gasteiger partial charge is 0.410 e. The summed E-state index contributed by atoms with van der Waals surface area (Å²) >= 11 is 12.3. The van der Waals surface area contributed by atoms with Crippen LogP contribution < -0.4 is 15.4 Å². The summed E-state index contributed by atoms with van der Waals surface area (Å²) < 4.78 is 45.9. The van der Waals surface area contributed by atoms with Gasteiger partial charge in [0.15, 0.2) is 0 Å². The van der Waals surface area contributed by atoms with Crippen molar-refractivity contribution in [2.45, 2.75) is 100 Å². The van der Waals surface area contributed by atoms with Crippen molar-refractivity contribution in [2.24, 2.45) is 5.92 Å². The number of rotatable bonds is 7. The Morgan fingerprint density at radius 1 is 1.07 bits per heavy atom. The second-order valence-electron chi connectivity index (χ2n) is 15.0. The van der Waals surface area contributed by atoms with E-state index in [2.05, 4.69) is 15.4 Å². The van der Waals surface area contributed by atoms with Gasteiger partial charge in [-0.05, 0) is 74.6 Å². The number of benzene rings is 2. The van der Waals surface area contributed by atoms with Crippen LogP contribution in [0.2, 0.25) is 10.0 Å². The van der Waals surface area contributed by atoms with Gasteiger partial charge in [0.2, 0.25) is 11.8 Å². The number of amides is 5. The van der Waals surface area contributed by atoms with E-state index >= 15 is 0 Å². The van der Waals surface area contributed by atoms with Crippen molar-refractivity contribution in [3.63, 3.8) is 0 Å². The van der Waals surface area contributed by atoms with Crippen molar-refractivity contribution in [1.29, 1.82) is 0 Å². The number of sulfonamides is 1. The van der Waals surface area contributed by atoms with Crippen LogP contribution in [0.4, 0.5) is 9.59 Å². The average Bonchev–Trinajstić information content (AvgIpc) is 3.43. The van der Waals surface area contributed by atoms with Crippen molar-refractivity contribution in [3.8, 4) is 0 Å². The summed E-state index contributed by atoms with van der Waals surface area (Å²) in [5, 5.41) is 6.21. The van der Waals surface area contributed by atoms with Crippen LogP contribution in [0.25, 0.3) is 0 Å². The van der Waals surface area contributed by atoms with E-state index in [4.69, 9.17) is 37.4 Å². The summed E-state index contributed by atoms with van der Waals surface area (Å²) in [6.45, 7) is 5.86. The van der Waals surface area contributed by atoms with E-state index in [0.717, 1.165) is 11.1 Å². The predicted octanol–water partition coefficient (Wildman–Crippen LogP) is 4.45. The first-order valence-corrected chi connectivity index (χ1v) is 20.7. The molecular formula is C38H45Cl2N5O10S. The molecule has 5 amide bonds. The molecule has 0 spiro atoms. The predicted molar refractivity (Wildman–Crippen MR) is 204 cm³/mol. The number of nitrogens with zero attached hydrogens (tertiary/aromatic N) is 2. The number of hydrogen-bond donors (Lipinski definition) is 3. The van der Waals surface area contributed by atoms with Gasteiger partial charge in [-0.3, -0.25) is 19.3 Å². The fourth-order valence-electron chi connectivity index (χ4n) is 6.94. The number of ether oxygens (including phenoxy) is 3. The van der Waals surface area contributed by atoms with Gasteiger partial charge < -0.3 is 29.7 Å². The average molecular weight is 835 g/mol. The maximum atomic E-state index is 14.4. The number of carbonyl (C=O) groups excluding carboxylic acids is 5. The lowest BCUT2D eigenvalue weighted by molar-refractivity contribution is -0.141. The van der Waals surface area contributed by atoms with Crippen molar-refractivity contribution < 1.29 is 46.6 Å². The topological polar surface area (TPSA) is 190 Å². The summed E-state index contributed by atoms with van der Waals surface area (Å²) in [6.07, 6.45) is 1.87. The Morgan fingerprint density at radius 3 is 2.54 bits per heavy atom. The maximum Gasteiger partial charge on any atom is 0.410 e. The lowest BCUT2D eigenvalue weighted by Gasteiger charge is -2.30. The van der Waals surface area contributed by atoms with Crippen LogP contribution in [0.3, 0.4) is 0 Å². The first-order valence-electron chi connectivity index (χ1n) is 18.4. The Balaban J connectivity index is 1.27. The SMILES string of the molecule is CCC(C)(C)OC(=O)N[C@H]1CCOCC/C=C\[C@@H]2C[C@@]2(C(=O)NS(=O)(=O)c2ccc(Cl)cc2)NC(=O)[C@@H]2C[C@@H](OC(=O)N3Cc4cccc(Cl)c4C3)CN2C1=O. The number of nitrogens with one attached hydrogen (secondary N) is 3. The van der Waals surface area contributed by atoms with E-state index < -0.39 is 75.2 Å². The molecule has 4 aliphatic rings. The van der Waals surface area contributed by atoms with Crippen molar-refractivity contribution in [1.82, 2.24) is 25.2 Å². The van der Waals surface area contributed by atoms with Gasteiger partial charge in [-0.15, -0.1) is 0 Å². The third kappa shape index (κ3) is 9.25. The van der Waals surface area contributed by atoms with E-state index in [-0.39, 0.29) is 57.0 Å². The molecule has 1 saturated heterocycles. The molecule has 0 bridgehead atoms. The van der Waals surface area contributed by atoms with Crippen LogP contribution in [0.15, 0.2) is 59.5 Å². The van der Waals surface area contributed by atoms with Gasteiger partial charge >= 0.3 is 12.2 Å². The number of alkyl carbamates (subject to hydrolysis) is 1. The molecule has 0 unspecified atom stereocenters. The minimum Gasteiger partial charge on any atom is -0.444 e. The van der Waals surface area contributed by atoms with Gasteiger partial charge in [0, 0.05) is 42.0 Å². The second-order valence-corrected chi connectivity index (χ2v) is 17.5. The highest BCUT2D eigenvalue weighted by atomic mass is 35.5. The van der Waals surface area contributed by atoms with Gasteiger partial charge in [0.1, 0.15) is 29.3 Å². The molecule has 3 aliphatic heterocycles. The van der Waals surface area contributed by atoms with E-state index in [0.29, 0.717) is 22.9 Å². The normalized spacial score (nSPS) is 26.0. The Kier molecular flexibility index (Phi) is 12.2. The monoisotopic (exact) mass is 833 g/mol. The zero-order chi connectivity index (χ0) is 40.4. The molecular weight excluding hydrogens is 789 g/mol. The molecule has 1 saturated carbocycles. The molecule has 1 aliphatic carbocycles. The van der Waals surface area contributed by atoms with Gasteiger partial charge in [0.25, 0.3) is 15.9 Å². The summed E-state index contributed by atoms with van der Waals surface area (Å²) in [6, 6.07) is 8.13. The van der Waals surface area contributed by atoms with Gasteiger partial charge in [-0.25, -0.2) is 22.7 Å². The largest absolute Gasteiger partial charge is 0.444 e. The highest BCUT2D eigenvalue weighted by Gasteiger charge is 2.62. The number of halogens is 2. The van der Waals surface area contributed by atoms with E-state index in [1.165, 1.54) is 34.1 Å². The van der Waals surface area contributed by atoms with Gasteiger partial charge in [-0.1, -0.05) is 54.4 Å². The van der Waals surface area contributed by atoms with Crippen LogP contribution in [0.1, 0.15) is 64.0 Å². The standard InChI is InChI=1S/C38H45Cl2N5O10S/c1-4-37(2,3)55-35(49)41-30-15-17-53-16-6-5-9-24-19-38(24,34(48)43-56(51,52)27-13-11-25(39)12-14-27)42-32(46)31-18-26(21-45(31)33(30)47)54-36(50)44-20-23-8-7-10-29(40)28(23)22-44/h5,7-14,24,26,30-31H,4,6,15-22H2,1-3H3,(H,41,49)(H,42,46)(H,43,48)/b9-5-/t24-,26-,30+,31+,38-/m1/s1. The molecule has 302 valence electrons. The Morgan fingerprint density at radius 2 is 1.82 bits per heavy atom. The summed E-state index contributed by atoms with van der Waals surface area (Å²) in [5.41, 5.74) is -0.858. The Labute approximate surface area is 335 Å². The lowest BCUT2D eigenvalue weighted by Crippen LogP contribution is -2.58. The molecule has 2 aromatic carbocycles. The number of carbonyl (C=O) groups is 5. The molecule has 6 rings (SSSR count). The fraction of sp³-hybridized carbons (Fsp3) is 0.500. The number of hydrogen-bond acceptors (Lipinski definition) is 10.